The van der Waals surface area contributed by atoms with Crippen LogP contribution in [-0.4, -0.2) is 22.6 Å². The van der Waals surface area contributed by atoms with Crippen LogP contribution in [0.25, 0.3) is 0 Å². The summed E-state index contributed by atoms with van der Waals surface area (Å²) in [5.74, 6) is -0.660. The van der Waals surface area contributed by atoms with Gasteiger partial charge < -0.3 is 4.74 Å². The minimum atomic E-state index is -1.41. The van der Waals surface area contributed by atoms with E-state index in [2.05, 4.69) is 25.7 Å². The average Bonchev–Trinajstić information content (AvgIpc) is 2.61. The molecule has 0 saturated heterocycles. The van der Waals surface area contributed by atoms with Crippen LogP contribution in [0.15, 0.2) is 15.5 Å². The van der Waals surface area contributed by atoms with Crippen molar-refractivity contribution >= 4 is 21.9 Å². The van der Waals surface area contributed by atoms with Gasteiger partial charge >= 0.3 is 5.97 Å². The summed E-state index contributed by atoms with van der Waals surface area (Å²) >= 11 is 3.00. The molecule has 1 aromatic rings. The molecule has 16 heavy (non-hydrogen) atoms. The maximum Gasteiger partial charge on any atom is 0.329 e. The molecule has 0 aromatic carbocycles. The molecule has 0 unspecified atom stereocenters. The van der Waals surface area contributed by atoms with Gasteiger partial charge in [-0.3, -0.25) is 9.36 Å². The van der Waals surface area contributed by atoms with Crippen molar-refractivity contribution in [1.29, 1.82) is 0 Å². The van der Waals surface area contributed by atoms with Crippen molar-refractivity contribution in [2.75, 3.05) is 7.11 Å². The topological polar surface area (TPSA) is 61.2 Å². The lowest BCUT2D eigenvalue weighted by Gasteiger charge is -2.10. The standard InChI is InChI=1S/C9H8BrFN2O3/c1-16-9(15)6-2-5(11)7-12-3-4(10)8(14)13(6)7/h3,5-6H,2H2,1H3/t5-,6+/m1/s1. The number of rotatable bonds is 1. The zero-order valence-electron chi connectivity index (χ0n) is 8.31. The Labute approximate surface area is 98.4 Å². The molecule has 0 saturated carbocycles. The zero-order valence-corrected chi connectivity index (χ0v) is 9.90. The minimum Gasteiger partial charge on any atom is -0.467 e. The molecule has 0 spiro atoms. The summed E-state index contributed by atoms with van der Waals surface area (Å²) in [5, 5.41) is 0. The van der Waals surface area contributed by atoms with Gasteiger partial charge in [0.15, 0.2) is 6.17 Å². The van der Waals surface area contributed by atoms with E-state index >= 15 is 0 Å². The highest BCUT2D eigenvalue weighted by Gasteiger charge is 2.38. The number of hydrogen-bond acceptors (Lipinski definition) is 4. The summed E-state index contributed by atoms with van der Waals surface area (Å²) in [7, 11) is 1.20. The van der Waals surface area contributed by atoms with Crippen molar-refractivity contribution in [2.45, 2.75) is 18.6 Å². The van der Waals surface area contributed by atoms with Crippen LogP contribution in [0.4, 0.5) is 4.39 Å². The first-order chi connectivity index (χ1) is 7.56. The number of esters is 1. The van der Waals surface area contributed by atoms with E-state index in [1.54, 1.807) is 0 Å². The van der Waals surface area contributed by atoms with E-state index in [9.17, 15) is 14.0 Å². The fourth-order valence-electron chi connectivity index (χ4n) is 1.74. The first-order valence-electron chi connectivity index (χ1n) is 4.55. The van der Waals surface area contributed by atoms with Crippen molar-refractivity contribution in [3.8, 4) is 0 Å². The number of carbonyl (C=O) groups excluding carboxylic acids is 1. The van der Waals surface area contributed by atoms with Gasteiger partial charge in [-0.1, -0.05) is 0 Å². The Kier molecular flexibility index (Phi) is 2.79. The highest BCUT2D eigenvalue weighted by atomic mass is 79.9. The van der Waals surface area contributed by atoms with Crippen LogP contribution in [-0.2, 0) is 9.53 Å². The second-order valence-electron chi connectivity index (χ2n) is 3.38. The van der Waals surface area contributed by atoms with Crippen LogP contribution in [0, 0.1) is 0 Å². The molecule has 5 nitrogen and oxygen atoms in total. The van der Waals surface area contributed by atoms with Gasteiger partial charge in [0.05, 0.1) is 7.11 Å². The monoisotopic (exact) mass is 290 g/mol. The van der Waals surface area contributed by atoms with Crippen LogP contribution in [0.2, 0.25) is 0 Å². The second kappa shape index (κ2) is 3.97. The van der Waals surface area contributed by atoms with Crippen molar-refractivity contribution in [3.05, 3.63) is 26.8 Å². The summed E-state index contributed by atoms with van der Waals surface area (Å²) in [6, 6.07) is -0.924. The molecule has 0 amide bonds. The summed E-state index contributed by atoms with van der Waals surface area (Å²) in [5.41, 5.74) is -0.472. The van der Waals surface area contributed by atoms with Crippen LogP contribution in [0.3, 0.4) is 0 Å². The minimum absolute atomic E-state index is 0.0244. The molecule has 0 N–H and O–H groups in total. The van der Waals surface area contributed by atoms with Gasteiger partial charge in [-0.25, -0.2) is 14.2 Å². The maximum absolute atomic E-state index is 13.5. The molecule has 1 aromatic heterocycles. The predicted molar refractivity (Wildman–Crippen MR) is 55.7 cm³/mol. The molecular weight excluding hydrogens is 283 g/mol. The Morgan fingerprint density at radius 3 is 3.06 bits per heavy atom. The molecule has 2 rings (SSSR count). The summed E-state index contributed by atoms with van der Waals surface area (Å²) in [4.78, 5) is 26.9. The third-order valence-corrected chi connectivity index (χ3v) is 3.02. The van der Waals surface area contributed by atoms with Crippen molar-refractivity contribution < 1.29 is 13.9 Å². The van der Waals surface area contributed by atoms with E-state index in [1.807, 2.05) is 0 Å². The molecule has 1 aliphatic heterocycles. The average molecular weight is 291 g/mol. The van der Waals surface area contributed by atoms with E-state index < -0.39 is 23.7 Å². The molecule has 1 aliphatic rings. The third kappa shape index (κ3) is 1.55. The van der Waals surface area contributed by atoms with Gasteiger partial charge in [0.25, 0.3) is 5.56 Å². The molecule has 0 bridgehead atoms. The number of carbonyl (C=O) groups is 1. The molecule has 0 radical (unpaired) electrons. The summed E-state index contributed by atoms with van der Waals surface area (Å²) in [6.07, 6.45) is -0.281. The Balaban J connectivity index is 2.59. The normalized spacial score (nSPS) is 22.9. The quantitative estimate of drug-likeness (QED) is 0.728. The summed E-state index contributed by atoms with van der Waals surface area (Å²) in [6.45, 7) is 0. The molecule has 0 fully saturated rings. The van der Waals surface area contributed by atoms with Gasteiger partial charge in [0.1, 0.15) is 16.3 Å². The van der Waals surface area contributed by atoms with Crippen molar-refractivity contribution in [3.63, 3.8) is 0 Å². The van der Waals surface area contributed by atoms with Gasteiger partial charge in [0.2, 0.25) is 0 Å². The van der Waals surface area contributed by atoms with Crippen LogP contribution in [0.5, 0.6) is 0 Å². The fourth-order valence-corrected chi connectivity index (χ4v) is 2.03. The third-order valence-electron chi connectivity index (χ3n) is 2.48. The lowest BCUT2D eigenvalue weighted by molar-refractivity contribution is -0.144. The molecular formula is C9H8BrFN2O3. The maximum atomic E-state index is 13.5. The van der Waals surface area contributed by atoms with Crippen LogP contribution < -0.4 is 5.56 Å². The van der Waals surface area contributed by atoms with Crippen molar-refractivity contribution in [1.82, 2.24) is 9.55 Å². The molecule has 2 heterocycles. The Morgan fingerprint density at radius 1 is 1.75 bits per heavy atom. The first kappa shape index (κ1) is 11.3. The first-order valence-corrected chi connectivity index (χ1v) is 5.34. The number of halogens is 2. The SMILES string of the molecule is COC(=O)[C@@H]1C[C@@H](F)c2ncc(Br)c(=O)n21. The van der Waals surface area contributed by atoms with Gasteiger partial charge in [-0.05, 0) is 15.9 Å². The summed E-state index contributed by atoms with van der Waals surface area (Å²) < 4.78 is 19.3. The molecule has 7 heteroatoms. The Bertz CT molecular complexity index is 502. The number of hydrogen-bond donors (Lipinski definition) is 0. The molecule has 86 valence electrons. The van der Waals surface area contributed by atoms with E-state index in [0.717, 1.165) is 4.57 Å². The highest BCUT2D eigenvalue weighted by Crippen LogP contribution is 2.34. The van der Waals surface area contributed by atoms with Crippen LogP contribution in [0.1, 0.15) is 24.5 Å². The Morgan fingerprint density at radius 2 is 2.44 bits per heavy atom. The van der Waals surface area contributed by atoms with Crippen molar-refractivity contribution in [2.24, 2.45) is 0 Å². The van der Waals surface area contributed by atoms with Gasteiger partial charge in [-0.2, -0.15) is 0 Å². The predicted octanol–water partition coefficient (Wildman–Crippen LogP) is 1.13. The molecule has 2 atom stereocenters. The number of alkyl halides is 1. The van der Waals surface area contributed by atoms with E-state index in [-0.39, 0.29) is 16.7 Å². The highest BCUT2D eigenvalue weighted by molar-refractivity contribution is 9.10. The number of ether oxygens (including phenoxy) is 1. The number of fused-ring (bicyclic) bond motifs is 1. The lowest BCUT2D eigenvalue weighted by Crippen LogP contribution is -2.29. The second-order valence-corrected chi connectivity index (χ2v) is 4.24. The largest absolute Gasteiger partial charge is 0.467 e. The van der Waals surface area contributed by atoms with Gasteiger partial charge in [0, 0.05) is 12.6 Å². The van der Waals surface area contributed by atoms with E-state index in [1.165, 1.54) is 13.3 Å². The van der Waals surface area contributed by atoms with E-state index in [0.29, 0.717) is 0 Å². The zero-order chi connectivity index (χ0) is 11.9. The number of aromatic nitrogens is 2. The number of methoxy groups -OCH3 is 1. The number of nitrogens with zero attached hydrogens (tertiary/aromatic N) is 2. The smallest absolute Gasteiger partial charge is 0.329 e. The molecule has 0 aliphatic carbocycles. The Hall–Kier alpha value is -1.24. The van der Waals surface area contributed by atoms with Gasteiger partial charge in [-0.15, -0.1) is 0 Å². The van der Waals surface area contributed by atoms with Crippen LogP contribution >= 0.6 is 15.9 Å². The fraction of sp³-hybridized carbons (Fsp3) is 0.444. The van der Waals surface area contributed by atoms with E-state index in [4.69, 9.17) is 0 Å². The lowest BCUT2D eigenvalue weighted by atomic mass is 10.2.